The maximum Gasteiger partial charge on any atom is 0.250 e. The molecular weight excluding hydrogens is 285 g/mol. The zero-order valence-electron chi connectivity index (χ0n) is 11.4. The average Bonchev–Trinajstić information content (AvgIpc) is 2.30. The molecule has 1 amide bonds. The Labute approximate surface area is 123 Å². The molecule has 104 valence electrons. The van der Waals surface area contributed by atoms with Crippen molar-refractivity contribution in [3.05, 3.63) is 28.8 Å². The number of halogens is 2. The number of anilines is 1. The minimum Gasteiger partial charge on any atom is -0.323 e. The summed E-state index contributed by atoms with van der Waals surface area (Å²) in [5.41, 5.74) is 0.743. The molecule has 1 atom stereocenters. The summed E-state index contributed by atoms with van der Waals surface area (Å²) in [7, 11) is 0. The highest BCUT2D eigenvalue weighted by Gasteiger charge is 2.33. The molecule has 5 heteroatoms. The number of amides is 1. The van der Waals surface area contributed by atoms with Crippen LogP contribution in [-0.4, -0.2) is 17.1 Å². The van der Waals surface area contributed by atoms with Crippen LogP contribution in [0.5, 0.6) is 0 Å². The standard InChI is InChI=1S/C14H17Cl2NO2/c1-8-5-6-9(15)10(7-8)17-13(19)11(16)12(18)14(2,3)4/h5-7,11H,1-4H3,(H,17,19). The van der Waals surface area contributed by atoms with Gasteiger partial charge in [0.05, 0.1) is 10.7 Å². The monoisotopic (exact) mass is 301 g/mol. The van der Waals surface area contributed by atoms with E-state index in [0.717, 1.165) is 5.56 Å². The number of aryl methyl sites for hydroxylation is 1. The van der Waals surface area contributed by atoms with Gasteiger partial charge in [0.15, 0.2) is 11.2 Å². The van der Waals surface area contributed by atoms with Crippen molar-refractivity contribution in [3.8, 4) is 0 Å². The van der Waals surface area contributed by atoms with Gasteiger partial charge in [0.25, 0.3) is 0 Å². The smallest absolute Gasteiger partial charge is 0.250 e. The third-order valence-corrected chi connectivity index (χ3v) is 3.31. The first-order valence-electron chi connectivity index (χ1n) is 5.88. The number of carbonyl (C=O) groups is 2. The molecule has 1 N–H and O–H groups in total. The number of benzene rings is 1. The van der Waals surface area contributed by atoms with Crippen LogP contribution in [0.15, 0.2) is 18.2 Å². The summed E-state index contributed by atoms with van der Waals surface area (Å²) in [5.74, 6) is -0.885. The zero-order valence-corrected chi connectivity index (χ0v) is 12.9. The van der Waals surface area contributed by atoms with Gasteiger partial charge in [-0.05, 0) is 24.6 Å². The Morgan fingerprint density at radius 1 is 1.26 bits per heavy atom. The van der Waals surface area contributed by atoms with Crippen LogP contribution in [0.1, 0.15) is 26.3 Å². The molecule has 0 aromatic heterocycles. The minimum absolute atomic E-state index is 0.324. The third-order valence-electron chi connectivity index (χ3n) is 2.58. The van der Waals surface area contributed by atoms with E-state index in [2.05, 4.69) is 5.32 Å². The van der Waals surface area contributed by atoms with Crippen LogP contribution in [0.25, 0.3) is 0 Å². The van der Waals surface area contributed by atoms with Gasteiger partial charge in [-0.15, -0.1) is 11.6 Å². The van der Waals surface area contributed by atoms with Gasteiger partial charge in [-0.1, -0.05) is 38.4 Å². The third kappa shape index (κ3) is 4.22. The number of hydrogen-bond acceptors (Lipinski definition) is 2. The number of alkyl halides is 1. The molecule has 19 heavy (non-hydrogen) atoms. The van der Waals surface area contributed by atoms with Crippen molar-refractivity contribution in [3.63, 3.8) is 0 Å². The van der Waals surface area contributed by atoms with Gasteiger partial charge in [0.2, 0.25) is 5.91 Å². The van der Waals surface area contributed by atoms with E-state index in [4.69, 9.17) is 23.2 Å². The Balaban J connectivity index is 2.85. The van der Waals surface area contributed by atoms with Crippen LogP contribution in [0.2, 0.25) is 5.02 Å². The van der Waals surface area contributed by atoms with E-state index in [9.17, 15) is 9.59 Å². The van der Waals surface area contributed by atoms with E-state index in [1.54, 1.807) is 32.9 Å². The van der Waals surface area contributed by atoms with Crippen LogP contribution >= 0.6 is 23.2 Å². The first-order valence-corrected chi connectivity index (χ1v) is 6.70. The number of Topliss-reactive ketones (excluding diaryl/α,β-unsaturated/α-hetero) is 1. The second-order valence-electron chi connectivity index (χ2n) is 5.45. The first kappa shape index (κ1) is 16.0. The lowest BCUT2D eigenvalue weighted by Gasteiger charge is -2.20. The Morgan fingerprint density at radius 3 is 2.37 bits per heavy atom. The van der Waals surface area contributed by atoms with Crippen molar-refractivity contribution >= 4 is 40.6 Å². The molecule has 1 unspecified atom stereocenters. The number of hydrogen-bond donors (Lipinski definition) is 1. The molecule has 1 aromatic carbocycles. The molecule has 0 aliphatic carbocycles. The molecule has 3 nitrogen and oxygen atoms in total. The Hall–Kier alpha value is -1.06. The molecule has 0 saturated carbocycles. The Kier molecular flexibility index (Phi) is 4.99. The zero-order chi connectivity index (χ0) is 14.8. The predicted octanol–water partition coefficient (Wildman–Crippen LogP) is 3.81. The average molecular weight is 302 g/mol. The van der Waals surface area contributed by atoms with Gasteiger partial charge < -0.3 is 5.32 Å². The maximum absolute atomic E-state index is 11.9. The van der Waals surface area contributed by atoms with Crippen LogP contribution < -0.4 is 5.32 Å². The summed E-state index contributed by atoms with van der Waals surface area (Å²) in [4.78, 5) is 23.9. The predicted molar refractivity (Wildman–Crippen MR) is 78.9 cm³/mol. The number of carbonyl (C=O) groups excluding carboxylic acids is 2. The normalized spacial score (nSPS) is 12.9. The highest BCUT2D eigenvalue weighted by atomic mass is 35.5. The Morgan fingerprint density at radius 2 is 1.84 bits per heavy atom. The van der Waals surface area contributed by atoms with E-state index in [-0.39, 0.29) is 5.78 Å². The molecule has 0 bridgehead atoms. The lowest BCUT2D eigenvalue weighted by molar-refractivity contribution is -0.130. The summed E-state index contributed by atoms with van der Waals surface area (Å²) >= 11 is 11.9. The molecule has 0 spiro atoms. The maximum atomic E-state index is 11.9. The summed E-state index contributed by atoms with van der Waals surface area (Å²) in [5, 5.41) is 1.76. The van der Waals surface area contributed by atoms with E-state index in [1.807, 2.05) is 13.0 Å². The molecule has 0 radical (unpaired) electrons. The van der Waals surface area contributed by atoms with E-state index >= 15 is 0 Å². The van der Waals surface area contributed by atoms with Crippen molar-refractivity contribution in [2.24, 2.45) is 5.41 Å². The van der Waals surface area contributed by atoms with Crippen molar-refractivity contribution < 1.29 is 9.59 Å². The SMILES string of the molecule is Cc1ccc(Cl)c(NC(=O)C(Cl)C(=O)C(C)(C)C)c1. The molecule has 1 aromatic rings. The highest BCUT2D eigenvalue weighted by molar-refractivity contribution is 6.44. The van der Waals surface area contributed by atoms with E-state index in [0.29, 0.717) is 10.7 Å². The number of rotatable bonds is 3. The van der Waals surface area contributed by atoms with Gasteiger partial charge in [0.1, 0.15) is 0 Å². The van der Waals surface area contributed by atoms with E-state index in [1.165, 1.54) is 0 Å². The fraction of sp³-hybridized carbons (Fsp3) is 0.429. The molecule has 0 aliphatic heterocycles. The van der Waals surface area contributed by atoms with Crippen molar-refractivity contribution in [1.29, 1.82) is 0 Å². The second kappa shape index (κ2) is 5.93. The number of ketones is 1. The Bertz CT molecular complexity index is 507. The summed E-state index contributed by atoms with van der Waals surface area (Å²) < 4.78 is 0. The largest absolute Gasteiger partial charge is 0.323 e. The fourth-order valence-corrected chi connectivity index (χ4v) is 1.98. The van der Waals surface area contributed by atoms with Crippen LogP contribution in [0, 0.1) is 12.3 Å². The molecule has 0 heterocycles. The summed E-state index contributed by atoms with van der Waals surface area (Å²) in [6.45, 7) is 7.04. The van der Waals surface area contributed by atoms with Gasteiger partial charge in [-0.3, -0.25) is 9.59 Å². The van der Waals surface area contributed by atoms with Gasteiger partial charge >= 0.3 is 0 Å². The molecule has 0 aliphatic rings. The van der Waals surface area contributed by atoms with Gasteiger partial charge in [-0.25, -0.2) is 0 Å². The minimum atomic E-state index is -1.23. The van der Waals surface area contributed by atoms with Crippen molar-refractivity contribution in [2.75, 3.05) is 5.32 Å². The van der Waals surface area contributed by atoms with E-state index < -0.39 is 16.7 Å². The van der Waals surface area contributed by atoms with Crippen molar-refractivity contribution in [2.45, 2.75) is 33.1 Å². The van der Waals surface area contributed by atoms with Crippen molar-refractivity contribution in [1.82, 2.24) is 0 Å². The quantitative estimate of drug-likeness (QED) is 0.681. The van der Waals surface area contributed by atoms with Gasteiger partial charge in [-0.2, -0.15) is 0 Å². The van der Waals surface area contributed by atoms with Crippen LogP contribution in [-0.2, 0) is 9.59 Å². The molecular formula is C14H17Cl2NO2. The van der Waals surface area contributed by atoms with Gasteiger partial charge in [0, 0.05) is 5.41 Å². The summed E-state index contributed by atoms with van der Waals surface area (Å²) in [6, 6.07) is 5.24. The van der Waals surface area contributed by atoms with Crippen LogP contribution in [0.4, 0.5) is 5.69 Å². The topological polar surface area (TPSA) is 46.2 Å². The molecule has 1 rings (SSSR count). The fourth-order valence-electron chi connectivity index (χ4n) is 1.43. The number of nitrogens with one attached hydrogen (secondary N) is 1. The lowest BCUT2D eigenvalue weighted by Crippen LogP contribution is -2.37. The summed E-state index contributed by atoms with van der Waals surface area (Å²) in [6.07, 6.45) is 0. The molecule has 0 fully saturated rings. The lowest BCUT2D eigenvalue weighted by atomic mass is 9.88. The second-order valence-corrected chi connectivity index (χ2v) is 6.29. The van der Waals surface area contributed by atoms with Crippen LogP contribution in [0.3, 0.4) is 0 Å². The first-order chi connectivity index (χ1) is 8.62. The molecule has 0 saturated heterocycles. The highest BCUT2D eigenvalue weighted by Crippen LogP contribution is 2.25.